The topological polar surface area (TPSA) is 35.2 Å². The van der Waals surface area contributed by atoms with Gasteiger partial charge in [-0.3, -0.25) is 0 Å². The Labute approximate surface area is 115 Å². The second-order valence-electron chi connectivity index (χ2n) is 5.87. The second kappa shape index (κ2) is 4.96. The summed E-state index contributed by atoms with van der Waals surface area (Å²) in [6.45, 7) is 8.54. The van der Waals surface area contributed by atoms with Gasteiger partial charge < -0.3 is 10.5 Å². The van der Waals surface area contributed by atoms with Crippen LogP contribution in [0.3, 0.4) is 0 Å². The average molecular weight is 255 g/mol. The van der Waals surface area contributed by atoms with Crippen molar-refractivity contribution in [1.82, 2.24) is 0 Å². The molecule has 0 bridgehead atoms. The molecule has 2 aromatic rings. The number of rotatable bonds is 2. The standard InChI is InChI=1S/C17H21NO/c1-12-7-5-10-15(16(12)18)19-14-9-6-8-13(11-14)17(2,3)4/h5-11H,18H2,1-4H3. The zero-order chi connectivity index (χ0) is 14.0. The Hall–Kier alpha value is -1.96. The van der Waals surface area contributed by atoms with E-state index in [0.717, 1.165) is 11.3 Å². The predicted molar refractivity (Wildman–Crippen MR) is 80.8 cm³/mol. The molecular weight excluding hydrogens is 234 g/mol. The molecule has 0 fully saturated rings. The van der Waals surface area contributed by atoms with Crippen LogP contribution in [0.4, 0.5) is 5.69 Å². The monoisotopic (exact) mass is 255 g/mol. The summed E-state index contributed by atoms with van der Waals surface area (Å²) >= 11 is 0. The van der Waals surface area contributed by atoms with Crippen molar-refractivity contribution in [2.24, 2.45) is 0 Å². The molecule has 0 unspecified atom stereocenters. The minimum absolute atomic E-state index is 0.109. The van der Waals surface area contributed by atoms with Crippen molar-refractivity contribution >= 4 is 5.69 Å². The Kier molecular flexibility index (Phi) is 3.52. The van der Waals surface area contributed by atoms with Crippen LogP contribution >= 0.6 is 0 Å². The number of hydrogen-bond acceptors (Lipinski definition) is 2. The number of benzene rings is 2. The molecule has 19 heavy (non-hydrogen) atoms. The highest BCUT2D eigenvalue weighted by Gasteiger charge is 2.14. The molecule has 0 radical (unpaired) electrons. The number of aryl methyl sites for hydroxylation is 1. The maximum Gasteiger partial charge on any atom is 0.150 e. The summed E-state index contributed by atoms with van der Waals surface area (Å²) in [5, 5.41) is 0. The Balaban J connectivity index is 2.31. The SMILES string of the molecule is Cc1cccc(Oc2cccc(C(C)(C)C)c2)c1N. The van der Waals surface area contributed by atoms with Gasteiger partial charge in [0.1, 0.15) is 5.75 Å². The third-order valence-corrected chi connectivity index (χ3v) is 3.21. The van der Waals surface area contributed by atoms with E-state index in [2.05, 4.69) is 32.9 Å². The van der Waals surface area contributed by atoms with Crippen molar-refractivity contribution in [3.63, 3.8) is 0 Å². The Morgan fingerprint density at radius 3 is 2.37 bits per heavy atom. The number of hydrogen-bond donors (Lipinski definition) is 1. The lowest BCUT2D eigenvalue weighted by atomic mass is 9.87. The van der Waals surface area contributed by atoms with E-state index in [1.165, 1.54) is 5.56 Å². The highest BCUT2D eigenvalue weighted by atomic mass is 16.5. The minimum atomic E-state index is 0.109. The van der Waals surface area contributed by atoms with Crippen LogP contribution in [0.5, 0.6) is 11.5 Å². The van der Waals surface area contributed by atoms with E-state index in [1.807, 2.05) is 37.3 Å². The van der Waals surface area contributed by atoms with Gasteiger partial charge in [-0.2, -0.15) is 0 Å². The molecule has 0 atom stereocenters. The zero-order valence-corrected chi connectivity index (χ0v) is 12.0. The van der Waals surface area contributed by atoms with E-state index in [0.29, 0.717) is 11.4 Å². The van der Waals surface area contributed by atoms with Gasteiger partial charge in [0.25, 0.3) is 0 Å². The molecule has 0 amide bonds. The molecule has 0 aromatic heterocycles. The minimum Gasteiger partial charge on any atom is -0.455 e. The quantitative estimate of drug-likeness (QED) is 0.792. The fourth-order valence-corrected chi connectivity index (χ4v) is 1.90. The Morgan fingerprint density at radius 1 is 1.00 bits per heavy atom. The molecule has 100 valence electrons. The molecule has 0 heterocycles. The molecule has 0 spiro atoms. The first kappa shape index (κ1) is 13.5. The van der Waals surface area contributed by atoms with Crippen molar-refractivity contribution in [3.8, 4) is 11.5 Å². The molecule has 2 nitrogen and oxygen atoms in total. The lowest BCUT2D eigenvalue weighted by Crippen LogP contribution is -2.10. The van der Waals surface area contributed by atoms with Gasteiger partial charge in [-0.1, -0.05) is 45.0 Å². The summed E-state index contributed by atoms with van der Waals surface area (Å²) in [5.74, 6) is 1.54. The maximum atomic E-state index is 6.03. The van der Waals surface area contributed by atoms with Crippen LogP contribution in [0.1, 0.15) is 31.9 Å². The van der Waals surface area contributed by atoms with E-state index < -0.39 is 0 Å². The van der Waals surface area contributed by atoms with Crippen molar-refractivity contribution in [2.75, 3.05) is 5.73 Å². The van der Waals surface area contributed by atoms with Crippen LogP contribution in [-0.2, 0) is 5.41 Å². The molecule has 2 rings (SSSR count). The van der Waals surface area contributed by atoms with Crippen LogP contribution in [0, 0.1) is 6.92 Å². The lowest BCUT2D eigenvalue weighted by molar-refractivity contribution is 0.480. The van der Waals surface area contributed by atoms with Crippen molar-refractivity contribution in [1.29, 1.82) is 0 Å². The van der Waals surface area contributed by atoms with Gasteiger partial charge in [0.05, 0.1) is 5.69 Å². The van der Waals surface area contributed by atoms with Crippen molar-refractivity contribution < 1.29 is 4.74 Å². The summed E-state index contributed by atoms with van der Waals surface area (Å²) < 4.78 is 5.90. The van der Waals surface area contributed by atoms with Crippen LogP contribution in [0.15, 0.2) is 42.5 Å². The van der Waals surface area contributed by atoms with Crippen LogP contribution < -0.4 is 10.5 Å². The highest BCUT2D eigenvalue weighted by Crippen LogP contribution is 2.32. The Morgan fingerprint density at radius 2 is 1.68 bits per heavy atom. The molecule has 0 aliphatic rings. The molecule has 0 aliphatic carbocycles. The number of nitrogen functional groups attached to an aromatic ring is 1. The fraction of sp³-hybridized carbons (Fsp3) is 0.294. The molecule has 2 aromatic carbocycles. The van der Waals surface area contributed by atoms with Crippen LogP contribution in [0.2, 0.25) is 0 Å². The first-order valence-corrected chi connectivity index (χ1v) is 6.51. The largest absolute Gasteiger partial charge is 0.455 e. The normalized spacial score (nSPS) is 11.4. The third-order valence-electron chi connectivity index (χ3n) is 3.21. The molecule has 0 aliphatic heterocycles. The number of nitrogens with two attached hydrogens (primary N) is 1. The average Bonchev–Trinajstić information content (AvgIpc) is 2.34. The second-order valence-corrected chi connectivity index (χ2v) is 5.87. The van der Waals surface area contributed by atoms with E-state index in [-0.39, 0.29) is 5.41 Å². The van der Waals surface area contributed by atoms with E-state index in [4.69, 9.17) is 10.5 Å². The van der Waals surface area contributed by atoms with Gasteiger partial charge >= 0.3 is 0 Å². The van der Waals surface area contributed by atoms with Gasteiger partial charge in [0.2, 0.25) is 0 Å². The molecule has 2 N–H and O–H groups in total. The summed E-state index contributed by atoms with van der Waals surface area (Å²) in [5.41, 5.74) is 9.11. The van der Waals surface area contributed by atoms with Crippen molar-refractivity contribution in [3.05, 3.63) is 53.6 Å². The van der Waals surface area contributed by atoms with E-state index in [1.54, 1.807) is 0 Å². The van der Waals surface area contributed by atoms with E-state index in [9.17, 15) is 0 Å². The van der Waals surface area contributed by atoms with Crippen molar-refractivity contribution in [2.45, 2.75) is 33.1 Å². The van der Waals surface area contributed by atoms with Gasteiger partial charge in [0.15, 0.2) is 5.75 Å². The molecule has 0 saturated heterocycles. The zero-order valence-electron chi connectivity index (χ0n) is 12.0. The smallest absolute Gasteiger partial charge is 0.150 e. The maximum absolute atomic E-state index is 6.03. The number of ether oxygens (including phenoxy) is 1. The number of anilines is 1. The van der Waals surface area contributed by atoms with Crippen LogP contribution in [-0.4, -0.2) is 0 Å². The summed E-state index contributed by atoms with van der Waals surface area (Å²) in [4.78, 5) is 0. The lowest BCUT2D eigenvalue weighted by Gasteiger charge is -2.20. The predicted octanol–water partition coefficient (Wildman–Crippen LogP) is 4.67. The van der Waals surface area contributed by atoms with Gasteiger partial charge in [-0.05, 0) is 41.7 Å². The Bertz CT molecular complexity index is 582. The summed E-state index contributed by atoms with van der Waals surface area (Å²) in [6, 6.07) is 14.0. The number of para-hydroxylation sites is 1. The van der Waals surface area contributed by atoms with Gasteiger partial charge in [-0.15, -0.1) is 0 Å². The molecule has 0 saturated carbocycles. The first-order valence-electron chi connectivity index (χ1n) is 6.51. The third kappa shape index (κ3) is 3.08. The summed E-state index contributed by atoms with van der Waals surface area (Å²) in [6.07, 6.45) is 0. The van der Waals surface area contributed by atoms with Gasteiger partial charge in [-0.25, -0.2) is 0 Å². The first-order chi connectivity index (χ1) is 8.88. The summed E-state index contributed by atoms with van der Waals surface area (Å²) in [7, 11) is 0. The van der Waals surface area contributed by atoms with E-state index >= 15 is 0 Å². The molecular formula is C17H21NO. The molecule has 2 heteroatoms. The highest BCUT2D eigenvalue weighted by molar-refractivity contribution is 5.59. The fourth-order valence-electron chi connectivity index (χ4n) is 1.90. The van der Waals surface area contributed by atoms with Gasteiger partial charge in [0, 0.05) is 0 Å². The van der Waals surface area contributed by atoms with Crippen LogP contribution in [0.25, 0.3) is 0 Å².